The molecular formula is C14H13FN2O. The maximum absolute atomic E-state index is 12.1. The molecule has 0 atom stereocenters. The molecule has 1 aromatic carbocycles. The minimum Gasteiger partial charge on any atom is -0.491 e. The fourth-order valence-corrected chi connectivity index (χ4v) is 2.10. The van der Waals surface area contributed by atoms with E-state index in [0.717, 1.165) is 27.5 Å². The first kappa shape index (κ1) is 11.0. The van der Waals surface area contributed by atoms with Gasteiger partial charge in [0, 0.05) is 17.6 Å². The van der Waals surface area contributed by atoms with E-state index in [1.807, 2.05) is 31.3 Å². The zero-order chi connectivity index (χ0) is 12.5. The van der Waals surface area contributed by atoms with Gasteiger partial charge in [0.1, 0.15) is 19.0 Å². The highest BCUT2D eigenvalue weighted by Gasteiger charge is 2.06. The number of benzene rings is 1. The van der Waals surface area contributed by atoms with Crippen molar-refractivity contribution in [1.82, 2.24) is 9.97 Å². The Morgan fingerprint density at radius 2 is 2.17 bits per heavy atom. The Balaban J connectivity index is 2.14. The van der Waals surface area contributed by atoms with Crippen molar-refractivity contribution in [2.24, 2.45) is 0 Å². The van der Waals surface area contributed by atoms with Crippen molar-refractivity contribution in [3.63, 3.8) is 0 Å². The summed E-state index contributed by atoms with van der Waals surface area (Å²) in [6.45, 7) is 1.61. The molecule has 0 amide bonds. The van der Waals surface area contributed by atoms with Gasteiger partial charge in [0.05, 0.1) is 16.6 Å². The normalized spacial score (nSPS) is 11.2. The van der Waals surface area contributed by atoms with Crippen molar-refractivity contribution >= 4 is 21.9 Å². The summed E-state index contributed by atoms with van der Waals surface area (Å²) in [6, 6.07) is 7.73. The Morgan fingerprint density at radius 1 is 1.28 bits per heavy atom. The van der Waals surface area contributed by atoms with E-state index < -0.39 is 6.67 Å². The van der Waals surface area contributed by atoms with Gasteiger partial charge >= 0.3 is 0 Å². The van der Waals surface area contributed by atoms with Crippen LogP contribution in [0, 0.1) is 6.92 Å². The number of nitrogens with zero attached hydrogens (tertiary/aromatic N) is 1. The fraction of sp³-hybridized carbons (Fsp3) is 0.214. The predicted molar refractivity (Wildman–Crippen MR) is 69.8 cm³/mol. The van der Waals surface area contributed by atoms with E-state index in [0.29, 0.717) is 5.75 Å². The van der Waals surface area contributed by atoms with Gasteiger partial charge in [-0.1, -0.05) is 0 Å². The van der Waals surface area contributed by atoms with Crippen LogP contribution in [0.2, 0.25) is 0 Å². The van der Waals surface area contributed by atoms with Gasteiger partial charge in [-0.05, 0) is 30.7 Å². The first-order chi connectivity index (χ1) is 8.78. The molecule has 3 nitrogen and oxygen atoms in total. The topological polar surface area (TPSA) is 37.9 Å². The standard InChI is InChI=1S/C14H13FN2O/c1-9-6-13-14(16-8-9)11-3-2-10(18-5-4-15)7-12(11)17-13/h2-3,6-8,17H,4-5H2,1H3. The second-order valence-corrected chi connectivity index (χ2v) is 4.28. The second-order valence-electron chi connectivity index (χ2n) is 4.28. The van der Waals surface area contributed by atoms with Gasteiger partial charge in [-0.25, -0.2) is 4.39 Å². The number of pyridine rings is 1. The van der Waals surface area contributed by atoms with Crippen LogP contribution in [0.5, 0.6) is 5.75 Å². The summed E-state index contributed by atoms with van der Waals surface area (Å²) in [4.78, 5) is 7.73. The average Bonchev–Trinajstić information content (AvgIpc) is 2.72. The molecule has 0 aliphatic heterocycles. The zero-order valence-corrected chi connectivity index (χ0v) is 10.0. The van der Waals surface area contributed by atoms with Gasteiger partial charge in [0.25, 0.3) is 0 Å². The van der Waals surface area contributed by atoms with Crippen molar-refractivity contribution in [2.45, 2.75) is 6.92 Å². The average molecular weight is 244 g/mol. The van der Waals surface area contributed by atoms with E-state index in [1.54, 1.807) is 0 Å². The minimum absolute atomic E-state index is 0.0864. The third-order valence-electron chi connectivity index (χ3n) is 2.89. The van der Waals surface area contributed by atoms with Gasteiger partial charge in [-0.2, -0.15) is 0 Å². The smallest absolute Gasteiger partial charge is 0.123 e. The predicted octanol–water partition coefficient (Wildman–Crippen LogP) is 3.37. The Kier molecular flexibility index (Phi) is 2.63. The molecule has 0 unspecified atom stereocenters. The molecule has 2 aromatic heterocycles. The fourth-order valence-electron chi connectivity index (χ4n) is 2.10. The van der Waals surface area contributed by atoms with E-state index in [-0.39, 0.29) is 6.61 Å². The van der Waals surface area contributed by atoms with E-state index >= 15 is 0 Å². The number of aromatic nitrogens is 2. The molecule has 92 valence electrons. The number of alkyl halides is 1. The molecule has 1 N–H and O–H groups in total. The van der Waals surface area contributed by atoms with Crippen molar-refractivity contribution < 1.29 is 9.13 Å². The van der Waals surface area contributed by atoms with Gasteiger partial charge in [0.15, 0.2) is 0 Å². The first-order valence-corrected chi connectivity index (χ1v) is 5.85. The number of hydrogen-bond donors (Lipinski definition) is 1. The molecule has 0 bridgehead atoms. The highest BCUT2D eigenvalue weighted by molar-refractivity contribution is 6.05. The molecule has 3 aromatic rings. The summed E-state index contributed by atoms with van der Waals surface area (Å²) in [5, 5.41) is 1.05. The molecule has 3 rings (SSSR count). The molecule has 0 spiro atoms. The van der Waals surface area contributed by atoms with Gasteiger partial charge in [-0.15, -0.1) is 0 Å². The van der Waals surface area contributed by atoms with E-state index in [9.17, 15) is 4.39 Å². The summed E-state index contributed by atoms with van der Waals surface area (Å²) in [6.07, 6.45) is 1.85. The molecule has 0 fully saturated rings. The largest absolute Gasteiger partial charge is 0.491 e. The lowest BCUT2D eigenvalue weighted by Crippen LogP contribution is -1.98. The number of H-pyrrole nitrogens is 1. The van der Waals surface area contributed by atoms with Crippen LogP contribution in [0.25, 0.3) is 21.9 Å². The van der Waals surface area contributed by atoms with Crippen LogP contribution < -0.4 is 4.74 Å². The molecule has 0 radical (unpaired) electrons. The molecule has 18 heavy (non-hydrogen) atoms. The first-order valence-electron chi connectivity index (χ1n) is 5.85. The van der Waals surface area contributed by atoms with Gasteiger partial charge in [0.2, 0.25) is 0 Å². The van der Waals surface area contributed by atoms with E-state index in [1.165, 1.54) is 0 Å². The van der Waals surface area contributed by atoms with Crippen LogP contribution in [-0.2, 0) is 0 Å². The number of ether oxygens (including phenoxy) is 1. The Bertz CT molecular complexity index is 705. The summed E-state index contributed by atoms with van der Waals surface area (Å²) < 4.78 is 17.3. The Labute approximate surface area is 104 Å². The maximum Gasteiger partial charge on any atom is 0.123 e. The number of halogens is 1. The van der Waals surface area contributed by atoms with Gasteiger partial charge in [-0.3, -0.25) is 4.98 Å². The van der Waals surface area contributed by atoms with Crippen LogP contribution in [0.1, 0.15) is 5.56 Å². The summed E-state index contributed by atoms with van der Waals surface area (Å²) in [5.41, 5.74) is 4.03. The number of hydrogen-bond acceptors (Lipinski definition) is 2. The Hall–Kier alpha value is -2.10. The van der Waals surface area contributed by atoms with Crippen molar-refractivity contribution in [3.8, 4) is 5.75 Å². The lowest BCUT2D eigenvalue weighted by Gasteiger charge is -2.02. The Morgan fingerprint density at radius 3 is 3.00 bits per heavy atom. The highest BCUT2D eigenvalue weighted by atomic mass is 19.1. The molecular weight excluding hydrogens is 231 g/mol. The summed E-state index contributed by atoms with van der Waals surface area (Å²) >= 11 is 0. The lowest BCUT2D eigenvalue weighted by atomic mass is 10.2. The molecule has 0 saturated carbocycles. The maximum atomic E-state index is 12.1. The number of aryl methyl sites for hydroxylation is 1. The summed E-state index contributed by atoms with van der Waals surface area (Å²) in [5.74, 6) is 0.670. The van der Waals surface area contributed by atoms with Crippen molar-refractivity contribution in [2.75, 3.05) is 13.3 Å². The van der Waals surface area contributed by atoms with Crippen LogP contribution in [0.15, 0.2) is 30.5 Å². The third-order valence-corrected chi connectivity index (χ3v) is 2.89. The van der Waals surface area contributed by atoms with E-state index in [2.05, 4.69) is 16.0 Å². The number of fused-ring (bicyclic) bond motifs is 3. The molecule has 2 heterocycles. The zero-order valence-electron chi connectivity index (χ0n) is 10.0. The van der Waals surface area contributed by atoms with Crippen LogP contribution in [0.4, 0.5) is 4.39 Å². The van der Waals surface area contributed by atoms with Crippen LogP contribution in [-0.4, -0.2) is 23.2 Å². The highest BCUT2D eigenvalue weighted by Crippen LogP contribution is 2.27. The molecule has 0 aliphatic carbocycles. The number of nitrogens with one attached hydrogen (secondary N) is 1. The monoisotopic (exact) mass is 244 g/mol. The molecule has 0 saturated heterocycles. The SMILES string of the molecule is Cc1cnc2c(c1)[nH]c1cc(OCCF)ccc12. The lowest BCUT2D eigenvalue weighted by molar-refractivity contribution is 0.273. The van der Waals surface area contributed by atoms with Crippen molar-refractivity contribution in [1.29, 1.82) is 0 Å². The summed E-state index contributed by atoms with van der Waals surface area (Å²) in [7, 11) is 0. The quantitative estimate of drug-likeness (QED) is 0.767. The molecule has 0 aliphatic rings. The third kappa shape index (κ3) is 1.79. The minimum atomic E-state index is -0.481. The molecule has 4 heteroatoms. The number of aromatic amines is 1. The van der Waals surface area contributed by atoms with Crippen molar-refractivity contribution in [3.05, 3.63) is 36.0 Å². The van der Waals surface area contributed by atoms with Crippen LogP contribution >= 0.6 is 0 Å². The van der Waals surface area contributed by atoms with Crippen LogP contribution in [0.3, 0.4) is 0 Å². The van der Waals surface area contributed by atoms with Gasteiger partial charge < -0.3 is 9.72 Å². The second kappa shape index (κ2) is 4.29. The van der Waals surface area contributed by atoms with E-state index in [4.69, 9.17) is 4.74 Å². The number of rotatable bonds is 3.